The maximum absolute atomic E-state index is 13.2. The SMILES string of the molecule is Cc1c(C#N)c(NC(=O)CN(Cc2cccs2)CC2CCCO2)n(C2CCCC2)c1C. The molecule has 3 heterocycles. The van der Waals surface area contributed by atoms with E-state index in [-0.39, 0.29) is 18.6 Å². The van der Waals surface area contributed by atoms with Crippen molar-refractivity contribution in [2.45, 2.75) is 71.1 Å². The number of ether oxygens (including phenoxy) is 1. The molecule has 1 unspecified atom stereocenters. The number of nitrogens with one attached hydrogen (secondary N) is 1. The van der Waals surface area contributed by atoms with Crippen molar-refractivity contribution in [2.24, 2.45) is 0 Å². The van der Waals surface area contributed by atoms with Crippen LogP contribution in [-0.2, 0) is 16.1 Å². The Hall–Kier alpha value is -2.14. The molecule has 1 aliphatic carbocycles. The predicted molar refractivity (Wildman–Crippen MR) is 123 cm³/mol. The van der Waals surface area contributed by atoms with Crippen LogP contribution in [0.2, 0.25) is 0 Å². The minimum absolute atomic E-state index is 0.0669. The number of nitrogens with zero attached hydrogens (tertiary/aromatic N) is 3. The van der Waals surface area contributed by atoms with Crippen molar-refractivity contribution < 1.29 is 9.53 Å². The summed E-state index contributed by atoms with van der Waals surface area (Å²) >= 11 is 1.71. The highest BCUT2D eigenvalue weighted by atomic mass is 32.1. The van der Waals surface area contributed by atoms with E-state index in [2.05, 4.69) is 39.2 Å². The van der Waals surface area contributed by atoms with Gasteiger partial charge in [-0.3, -0.25) is 9.69 Å². The minimum Gasteiger partial charge on any atom is -0.377 e. The smallest absolute Gasteiger partial charge is 0.239 e. The van der Waals surface area contributed by atoms with Crippen LogP contribution in [0.3, 0.4) is 0 Å². The molecule has 166 valence electrons. The number of rotatable bonds is 8. The van der Waals surface area contributed by atoms with E-state index in [1.807, 2.05) is 13.0 Å². The summed E-state index contributed by atoms with van der Waals surface area (Å²) in [7, 11) is 0. The van der Waals surface area contributed by atoms with Crippen molar-refractivity contribution in [2.75, 3.05) is 25.0 Å². The van der Waals surface area contributed by atoms with E-state index in [1.165, 1.54) is 17.7 Å². The van der Waals surface area contributed by atoms with E-state index >= 15 is 0 Å². The number of amides is 1. The van der Waals surface area contributed by atoms with Gasteiger partial charge in [-0.1, -0.05) is 18.9 Å². The number of aromatic nitrogens is 1. The van der Waals surface area contributed by atoms with Gasteiger partial charge in [0.15, 0.2) is 0 Å². The molecule has 7 heteroatoms. The molecule has 0 aromatic carbocycles. The Morgan fingerprint density at radius 3 is 2.77 bits per heavy atom. The van der Waals surface area contributed by atoms with Crippen LogP contribution < -0.4 is 5.32 Å². The molecule has 2 aromatic heterocycles. The summed E-state index contributed by atoms with van der Waals surface area (Å²) in [4.78, 5) is 16.6. The van der Waals surface area contributed by atoms with Crippen molar-refractivity contribution in [3.63, 3.8) is 0 Å². The van der Waals surface area contributed by atoms with Gasteiger partial charge in [0.1, 0.15) is 11.9 Å². The van der Waals surface area contributed by atoms with Crippen molar-refractivity contribution in [3.05, 3.63) is 39.2 Å². The van der Waals surface area contributed by atoms with Gasteiger partial charge in [-0.25, -0.2) is 0 Å². The van der Waals surface area contributed by atoms with E-state index < -0.39 is 0 Å². The second-order valence-electron chi connectivity index (χ2n) is 8.79. The van der Waals surface area contributed by atoms with Crippen LogP contribution in [0.1, 0.15) is 66.3 Å². The third-order valence-electron chi connectivity index (χ3n) is 6.63. The standard InChI is InChI=1S/C24H32N4O2S/c1-17-18(2)28(19-7-3-4-8-19)24(22(17)13-25)26-23(29)16-27(14-20-9-5-11-30-20)15-21-10-6-12-31-21/h6,10,12,19-20H,3-5,7-9,11,14-16H2,1-2H3,(H,26,29). The molecule has 2 fully saturated rings. The summed E-state index contributed by atoms with van der Waals surface area (Å²) in [6, 6.07) is 6.85. The summed E-state index contributed by atoms with van der Waals surface area (Å²) in [6.07, 6.45) is 6.93. The average Bonchev–Trinajstić information content (AvgIpc) is 3.53. The van der Waals surface area contributed by atoms with E-state index in [0.717, 1.165) is 56.6 Å². The number of hydrogen-bond acceptors (Lipinski definition) is 5. The van der Waals surface area contributed by atoms with E-state index in [0.29, 0.717) is 17.4 Å². The Balaban J connectivity index is 1.51. The molecule has 0 radical (unpaired) electrons. The molecule has 1 amide bonds. The second kappa shape index (κ2) is 9.99. The molecule has 6 nitrogen and oxygen atoms in total. The molecule has 1 atom stereocenters. The van der Waals surface area contributed by atoms with Crippen LogP contribution >= 0.6 is 11.3 Å². The fraction of sp³-hybridized carbons (Fsp3) is 0.583. The van der Waals surface area contributed by atoms with Gasteiger partial charge in [-0.2, -0.15) is 5.26 Å². The largest absolute Gasteiger partial charge is 0.377 e. The first-order valence-corrected chi connectivity index (χ1v) is 12.2. The first-order valence-electron chi connectivity index (χ1n) is 11.3. The highest BCUT2D eigenvalue weighted by Crippen LogP contribution is 2.37. The predicted octanol–water partition coefficient (Wildman–Crippen LogP) is 4.77. The molecule has 0 spiro atoms. The van der Waals surface area contributed by atoms with Crippen molar-refractivity contribution in [3.8, 4) is 6.07 Å². The normalized spacial score (nSPS) is 19.2. The second-order valence-corrected chi connectivity index (χ2v) is 9.82. The topological polar surface area (TPSA) is 70.3 Å². The van der Waals surface area contributed by atoms with Crippen LogP contribution in [0.5, 0.6) is 0 Å². The van der Waals surface area contributed by atoms with Gasteiger partial charge in [0.25, 0.3) is 0 Å². The summed E-state index contributed by atoms with van der Waals surface area (Å²) in [5, 5.41) is 15.0. The lowest BCUT2D eigenvalue weighted by Gasteiger charge is -2.25. The van der Waals surface area contributed by atoms with E-state index in [4.69, 9.17) is 4.74 Å². The van der Waals surface area contributed by atoms with Gasteiger partial charge < -0.3 is 14.6 Å². The third kappa shape index (κ3) is 5.03. The zero-order valence-corrected chi connectivity index (χ0v) is 19.3. The zero-order chi connectivity index (χ0) is 21.8. The van der Waals surface area contributed by atoms with Crippen LogP contribution in [-0.4, -0.2) is 41.2 Å². The average molecular weight is 441 g/mol. The maximum Gasteiger partial charge on any atom is 0.239 e. The summed E-state index contributed by atoms with van der Waals surface area (Å²) < 4.78 is 8.04. The molecule has 1 N–H and O–H groups in total. The van der Waals surface area contributed by atoms with Crippen molar-refractivity contribution >= 4 is 23.1 Å². The fourth-order valence-electron chi connectivity index (χ4n) is 4.96. The lowest BCUT2D eigenvalue weighted by atomic mass is 10.2. The molecule has 2 aromatic rings. The van der Waals surface area contributed by atoms with Crippen LogP contribution in [0, 0.1) is 25.2 Å². The molecule has 2 aliphatic rings. The van der Waals surface area contributed by atoms with Gasteiger partial charge in [0.2, 0.25) is 5.91 Å². The van der Waals surface area contributed by atoms with Crippen LogP contribution in [0.15, 0.2) is 17.5 Å². The molecule has 4 rings (SSSR count). The monoisotopic (exact) mass is 440 g/mol. The summed E-state index contributed by atoms with van der Waals surface area (Å²) in [5.74, 6) is 0.616. The lowest BCUT2D eigenvalue weighted by molar-refractivity contribution is -0.117. The summed E-state index contributed by atoms with van der Waals surface area (Å²) in [5.41, 5.74) is 2.66. The summed E-state index contributed by atoms with van der Waals surface area (Å²) in [6.45, 7) is 6.62. The van der Waals surface area contributed by atoms with E-state index in [9.17, 15) is 10.1 Å². The molecular formula is C24H32N4O2S. The highest BCUT2D eigenvalue weighted by Gasteiger charge is 2.27. The Morgan fingerprint density at radius 1 is 1.32 bits per heavy atom. The number of nitriles is 1. The number of anilines is 1. The van der Waals surface area contributed by atoms with Crippen molar-refractivity contribution in [1.82, 2.24) is 9.47 Å². The van der Waals surface area contributed by atoms with Gasteiger partial charge >= 0.3 is 0 Å². The quantitative estimate of drug-likeness (QED) is 0.642. The van der Waals surface area contributed by atoms with Gasteiger partial charge in [0, 0.05) is 36.3 Å². The molecular weight excluding hydrogens is 408 g/mol. The minimum atomic E-state index is -0.0669. The molecule has 0 bridgehead atoms. The zero-order valence-electron chi connectivity index (χ0n) is 18.5. The lowest BCUT2D eigenvalue weighted by Crippen LogP contribution is -2.38. The first-order chi connectivity index (χ1) is 15.1. The van der Waals surface area contributed by atoms with Crippen molar-refractivity contribution in [1.29, 1.82) is 5.26 Å². The number of carbonyl (C=O) groups excluding carboxylic acids is 1. The first kappa shape index (κ1) is 22.1. The number of hydrogen-bond donors (Lipinski definition) is 1. The maximum atomic E-state index is 13.2. The van der Waals surface area contributed by atoms with Gasteiger partial charge in [-0.05, 0) is 56.5 Å². The molecule has 31 heavy (non-hydrogen) atoms. The highest BCUT2D eigenvalue weighted by molar-refractivity contribution is 7.09. The molecule has 1 aliphatic heterocycles. The Bertz CT molecular complexity index is 932. The Kier molecular flexibility index (Phi) is 7.11. The van der Waals surface area contributed by atoms with Crippen LogP contribution in [0.25, 0.3) is 0 Å². The number of carbonyl (C=O) groups is 1. The van der Waals surface area contributed by atoms with Crippen LogP contribution in [0.4, 0.5) is 5.82 Å². The fourth-order valence-corrected chi connectivity index (χ4v) is 5.71. The molecule has 1 saturated carbocycles. The molecule has 1 saturated heterocycles. The Morgan fingerprint density at radius 2 is 2.13 bits per heavy atom. The van der Waals surface area contributed by atoms with E-state index in [1.54, 1.807) is 11.3 Å². The Labute approximate surface area is 188 Å². The number of thiophene rings is 1. The van der Waals surface area contributed by atoms with Gasteiger partial charge in [0.05, 0.1) is 18.2 Å². The van der Waals surface area contributed by atoms with Gasteiger partial charge in [-0.15, -0.1) is 11.3 Å². The third-order valence-corrected chi connectivity index (χ3v) is 7.49.